The second-order valence-electron chi connectivity index (χ2n) is 7.07. The molecule has 1 N–H and O–H groups in total. The topological polar surface area (TPSA) is 72.3 Å². The Balaban J connectivity index is 1.68. The Labute approximate surface area is 148 Å². The summed E-state index contributed by atoms with van der Waals surface area (Å²) in [6, 6.07) is 5.61. The highest BCUT2D eigenvalue weighted by Crippen LogP contribution is 2.54. The molecule has 1 saturated carbocycles. The smallest absolute Gasteiger partial charge is 0.155 e. The van der Waals surface area contributed by atoms with Gasteiger partial charge in [-0.25, -0.2) is 9.37 Å². The molecular weight excluding hydrogens is 331 g/mol. The average Bonchev–Trinajstić information content (AvgIpc) is 3.42. The summed E-state index contributed by atoms with van der Waals surface area (Å²) < 4.78 is 15.6. The third kappa shape index (κ3) is 1.80. The fraction of sp³-hybridized carbons (Fsp3) is 0.263. The van der Waals surface area contributed by atoms with E-state index in [1.165, 1.54) is 30.8 Å². The second kappa shape index (κ2) is 4.97. The normalized spacial score (nSPS) is 20.8. The van der Waals surface area contributed by atoms with Gasteiger partial charge in [0.15, 0.2) is 5.65 Å². The monoisotopic (exact) mass is 346 g/mol. The number of aromatic amines is 1. The Morgan fingerprint density at radius 2 is 2.08 bits per heavy atom. The number of hydrogen-bond donors (Lipinski definition) is 1. The quantitative estimate of drug-likeness (QED) is 0.598. The molecule has 7 heteroatoms. The van der Waals surface area contributed by atoms with Gasteiger partial charge >= 0.3 is 0 Å². The predicted molar refractivity (Wildman–Crippen MR) is 93.9 cm³/mol. The van der Waals surface area contributed by atoms with E-state index in [-0.39, 0.29) is 5.82 Å². The zero-order valence-electron chi connectivity index (χ0n) is 13.9. The summed E-state index contributed by atoms with van der Waals surface area (Å²) in [5, 5.41) is 13.0. The molecule has 5 heterocycles. The molecule has 0 spiro atoms. The van der Waals surface area contributed by atoms with Crippen molar-refractivity contribution < 1.29 is 4.39 Å². The maximum atomic E-state index is 13.4. The molecule has 2 atom stereocenters. The third-order valence-corrected chi connectivity index (χ3v) is 5.68. The second-order valence-corrected chi connectivity index (χ2v) is 7.07. The summed E-state index contributed by atoms with van der Waals surface area (Å²) in [6.07, 6.45) is 8.36. The van der Waals surface area contributed by atoms with Crippen LogP contribution in [0.15, 0.2) is 36.8 Å². The van der Waals surface area contributed by atoms with Crippen LogP contribution in [0.5, 0.6) is 0 Å². The van der Waals surface area contributed by atoms with Crippen LogP contribution in [0.25, 0.3) is 33.5 Å². The van der Waals surface area contributed by atoms with E-state index in [0.29, 0.717) is 17.7 Å². The number of rotatable bonds is 2. The van der Waals surface area contributed by atoms with Gasteiger partial charge in [-0.05, 0) is 43.0 Å². The third-order valence-electron chi connectivity index (χ3n) is 5.68. The van der Waals surface area contributed by atoms with E-state index in [2.05, 4.69) is 24.8 Å². The molecule has 128 valence electrons. The van der Waals surface area contributed by atoms with Crippen LogP contribution in [-0.2, 0) is 0 Å². The molecule has 0 saturated heterocycles. The molecule has 4 aromatic rings. The number of halogens is 1. The maximum absolute atomic E-state index is 13.4. The van der Waals surface area contributed by atoms with Crippen molar-refractivity contribution in [3.8, 4) is 22.5 Å². The minimum absolute atomic E-state index is 0.344. The average molecular weight is 346 g/mol. The van der Waals surface area contributed by atoms with E-state index < -0.39 is 0 Å². The van der Waals surface area contributed by atoms with E-state index in [1.807, 2.05) is 6.07 Å². The standard InChI is InChI=1S/C19H15FN6/c20-11-2-4-15(22-8-11)17-16(13-5-6-21-19-14(13)9-23-24-19)18-10-1-3-12(7-10)26(18)25-17/h2,4-6,8-10,12H,1,3,7H2,(H,21,23,24). The summed E-state index contributed by atoms with van der Waals surface area (Å²) >= 11 is 0. The van der Waals surface area contributed by atoms with Crippen LogP contribution in [0.2, 0.25) is 0 Å². The van der Waals surface area contributed by atoms with Crippen molar-refractivity contribution in [2.24, 2.45) is 0 Å². The number of fused-ring (bicyclic) bond motifs is 6. The van der Waals surface area contributed by atoms with Crippen molar-refractivity contribution in [3.05, 3.63) is 48.3 Å². The molecule has 2 unspecified atom stereocenters. The van der Waals surface area contributed by atoms with E-state index in [4.69, 9.17) is 5.10 Å². The number of nitrogens with zero attached hydrogens (tertiary/aromatic N) is 5. The van der Waals surface area contributed by atoms with Crippen molar-refractivity contribution in [1.82, 2.24) is 29.9 Å². The van der Waals surface area contributed by atoms with Crippen molar-refractivity contribution in [1.29, 1.82) is 0 Å². The van der Waals surface area contributed by atoms with Crippen molar-refractivity contribution >= 4 is 11.0 Å². The summed E-state index contributed by atoms with van der Waals surface area (Å²) in [5.41, 5.74) is 5.67. The molecular formula is C19H15FN6. The largest absolute Gasteiger partial charge is 0.265 e. The lowest BCUT2D eigenvalue weighted by Gasteiger charge is -2.14. The number of nitrogens with one attached hydrogen (secondary N) is 1. The summed E-state index contributed by atoms with van der Waals surface area (Å²) in [5.74, 6) is 0.176. The zero-order chi connectivity index (χ0) is 17.3. The van der Waals surface area contributed by atoms with Gasteiger partial charge in [-0.15, -0.1) is 0 Å². The molecule has 2 bridgehead atoms. The molecule has 1 aliphatic carbocycles. The van der Waals surface area contributed by atoms with Gasteiger partial charge in [-0.1, -0.05) is 0 Å². The van der Waals surface area contributed by atoms with Crippen LogP contribution in [0.4, 0.5) is 4.39 Å². The van der Waals surface area contributed by atoms with Gasteiger partial charge in [0, 0.05) is 23.1 Å². The Bertz CT molecular complexity index is 1140. The summed E-state index contributed by atoms with van der Waals surface area (Å²) in [7, 11) is 0. The van der Waals surface area contributed by atoms with Crippen LogP contribution < -0.4 is 0 Å². The van der Waals surface area contributed by atoms with Crippen LogP contribution in [0.1, 0.15) is 36.9 Å². The molecule has 26 heavy (non-hydrogen) atoms. The van der Waals surface area contributed by atoms with Crippen LogP contribution in [-0.4, -0.2) is 29.9 Å². The summed E-state index contributed by atoms with van der Waals surface area (Å²) in [6.45, 7) is 0. The first-order valence-electron chi connectivity index (χ1n) is 8.82. The molecule has 0 aromatic carbocycles. The molecule has 1 fully saturated rings. The highest BCUT2D eigenvalue weighted by molar-refractivity contribution is 5.97. The Morgan fingerprint density at radius 1 is 1.12 bits per heavy atom. The van der Waals surface area contributed by atoms with Gasteiger partial charge in [0.05, 0.1) is 29.8 Å². The van der Waals surface area contributed by atoms with Crippen molar-refractivity contribution in [3.63, 3.8) is 0 Å². The maximum Gasteiger partial charge on any atom is 0.155 e. The van der Waals surface area contributed by atoms with Crippen molar-refractivity contribution in [2.45, 2.75) is 31.2 Å². The van der Waals surface area contributed by atoms with E-state index in [1.54, 1.807) is 18.5 Å². The Hall–Kier alpha value is -3.09. The molecule has 2 aliphatic rings. The van der Waals surface area contributed by atoms with Gasteiger partial charge in [-0.3, -0.25) is 14.8 Å². The van der Waals surface area contributed by atoms with Gasteiger partial charge in [0.2, 0.25) is 0 Å². The highest BCUT2D eigenvalue weighted by Gasteiger charge is 2.42. The fourth-order valence-electron chi connectivity index (χ4n) is 4.57. The minimum Gasteiger partial charge on any atom is -0.265 e. The van der Waals surface area contributed by atoms with Crippen LogP contribution in [0, 0.1) is 5.82 Å². The van der Waals surface area contributed by atoms with Gasteiger partial charge in [0.25, 0.3) is 0 Å². The Morgan fingerprint density at radius 3 is 2.96 bits per heavy atom. The van der Waals surface area contributed by atoms with E-state index >= 15 is 0 Å². The first kappa shape index (κ1) is 14.1. The number of aromatic nitrogens is 6. The number of H-pyrrole nitrogens is 1. The molecule has 6 nitrogen and oxygen atoms in total. The number of pyridine rings is 2. The summed E-state index contributed by atoms with van der Waals surface area (Å²) in [4.78, 5) is 8.65. The highest BCUT2D eigenvalue weighted by atomic mass is 19.1. The lowest BCUT2D eigenvalue weighted by molar-refractivity contribution is 0.477. The lowest BCUT2D eigenvalue weighted by atomic mass is 9.93. The van der Waals surface area contributed by atoms with Gasteiger partial charge < -0.3 is 0 Å². The number of hydrogen-bond acceptors (Lipinski definition) is 4. The van der Waals surface area contributed by atoms with E-state index in [0.717, 1.165) is 34.3 Å². The SMILES string of the molecule is Fc1ccc(-c2nn3c(c2-c2ccnc4[nH]ncc24)C2CCC3C2)nc1. The Kier molecular flexibility index (Phi) is 2.70. The van der Waals surface area contributed by atoms with Crippen molar-refractivity contribution in [2.75, 3.05) is 0 Å². The van der Waals surface area contributed by atoms with Crippen LogP contribution >= 0.6 is 0 Å². The van der Waals surface area contributed by atoms with E-state index in [9.17, 15) is 4.39 Å². The molecule has 4 aromatic heterocycles. The zero-order valence-corrected chi connectivity index (χ0v) is 13.9. The molecule has 0 amide bonds. The molecule has 0 radical (unpaired) electrons. The first-order chi connectivity index (χ1) is 12.8. The minimum atomic E-state index is -0.344. The van der Waals surface area contributed by atoms with Gasteiger partial charge in [0.1, 0.15) is 11.5 Å². The lowest BCUT2D eigenvalue weighted by Crippen LogP contribution is -2.07. The predicted octanol–water partition coefficient (Wildman–Crippen LogP) is 3.84. The molecule has 6 rings (SSSR count). The van der Waals surface area contributed by atoms with Crippen LogP contribution in [0.3, 0.4) is 0 Å². The first-order valence-corrected chi connectivity index (χ1v) is 8.82. The fourth-order valence-corrected chi connectivity index (χ4v) is 4.57. The van der Waals surface area contributed by atoms with Gasteiger partial charge in [-0.2, -0.15) is 10.2 Å². The molecule has 1 aliphatic heterocycles.